The Kier molecular flexibility index (Phi) is 7.71. The molecule has 60 heavy (non-hydrogen) atoms. The second-order valence-corrected chi connectivity index (χ2v) is 16.3. The molecule has 0 bridgehead atoms. The van der Waals surface area contributed by atoms with Gasteiger partial charge in [-0.05, 0) is 104 Å². The number of para-hydroxylation sites is 1. The molecule has 0 fully saturated rings. The van der Waals surface area contributed by atoms with E-state index >= 15 is 0 Å². The molecule has 1 aliphatic rings. The van der Waals surface area contributed by atoms with E-state index in [-0.39, 0.29) is 5.41 Å². The van der Waals surface area contributed by atoms with Gasteiger partial charge in [0.15, 0.2) is 5.82 Å². The van der Waals surface area contributed by atoms with Crippen molar-refractivity contribution in [3.8, 4) is 50.7 Å². The minimum Gasteiger partial charge on any atom is -0.309 e. The summed E-state index contributed by atoms with van der Waals surface area (Å²) in [6.07, 6.45) is 2.06. The molecule has 2 aromatic heterocycles. The standard InChI is InChI=1S/C57H41N3/c1-3-57(4-2)48-31-30-45-42-26-12-11-24-40(42)41-25-13-14-28-44(41)54(45)55(48)47-34-53-46(33-49(47)57)43-27-15-16-29-52(43)60(53)39-23-17-22-38(32-39)56-58-50(36-18-7-5-8-19-36)35-51(59-56)37-20-9-6-10-21-37/h5-35H,3-4H2,1-2H3. The number of nitrogens with zero attached hydrogens (tertiary/aromatic N) is 3. The summed E-state index contributed by atoms with van der Waals surface area (Å²) in [5.74, 6) is 0.703. The van der Waals surface area contributed by atoms with Crippen LogP contribution in [0, 0.1) is 0 Å². The van der Waals surface area contributed by atoms with Crippen LogP contribution >= 0.6 is 0 Å². The van der Waals surface area contributed by atoms with E-state index < -0.39 is 0 Å². The molecule has 0 atom stereocenters. The van der Waals surface area contributed by atoms with Gasteiger partial charge in [-0.15, -0.1) is 0 Å². The van der Waals surface area contributed by atoms with Crippen molar-refractivity contribution in [3.63, 3.8) is 0 Å². The molecule has 0 unspecified atom stereocenters. The predicted molar refractivity (Wildman–Crippen MR) is 252 cm³/mol. The lowest BCUT2D eigenvalue weighted by atomic mass is 9.73. The molecule has 1 aliphatic carbocycles. The Bertz CT molecular complexity index is 3410. The van der Waals surface area contributed by atoms with Crippen molar-refractivity contribution in [2.45, 2.75) is 32.1 Å². The van der Waals surface area contributed by atoms with Gasteiger partial charge in [-0.3, -0.25) is 0 Å². The van der Waals surface area contributed by atoms with Crippen LogP contribution in [0.25, 0.3) is 105 Å². The molecular weight excluding hydrogens is 727 g/mol. The van der Waals surface area contributed by atoms with Gasteiger partial charge in [-0.25, -0.2) is 9.97 Å². The van der Waals surface area contributed by atoms with E-state index in [1.165, 1.54) is 76.4 Å². The molecular formula is C57H41N3. The second kappa shape index (κ2) is 13.3. The maximum Gasteiger partial charge on any atom is 0.160 e. The minimum atomic E-state index is -0.0967. The van der Waals surface area contributed by atoms with Gasteiger partial charge in [0.1, 0.15) is 0 Å². The molecule has 0 saturated carbocycles. The quantitative estimate of drug-likeness (QED) is 0.158. The van der Waals surface area contributed by atoms with E-state index in [1.807, 2.05) is 12.1 Å². The minimum absolute atomic E-state index is 0.0967. The molecule has 3 heteroatoms. The van der Waals surface area contributed by atoms with E-state index in [1.54, 1.807) is 0 Å². The van der Waals surface area contributed by atoms with Gasteiger partial charge < -0.3 is 4.57 Å². The number of hydrogen-bond donors (Lipinski definition) is 0. The van der Waals surface area contributed by atoms with E-state index in [0.29, 0.717) is 5.82 Å². The molecule has 12 rings (SSSR count). The molecule has 3 nitrogen and oxygen atoms in total. The van der Waals surface area contributed by atoms with Gasteiger partial charge in [0.25, 0.3) is 0 Å². The average molecular weight is 768 g/mol. The van der Waals surface area contributed by atoms with Gasteiger partial charge in [-0.1, -0.05) is 166 Å². The normalized spacial score (nSPS) is 13.1. The number of hydrogen-bond acceptors (Lipinski definition) is 2. The fraction of sp³-hybridized carbons (Fsp3) is 0.0877. The van der Waals surface area contributed by atoms with Crippen LogP contribution in [-0.2, 0) is 5.41 Å². The summed E-state index contributed by atoms with van der Waals surface area (Å²) < 4.78 is 2.46. The molecule has 2 heterocycles. The number of benzene rings is 9. The number of fused-ring (bicyclic) bond motifs is 13. The highest BCUT2D eigenvalue weighted by atomic mass is 15.0. The predicted octanol–water partition coefficient (Wildman–Crippen LogP) is 15.1. The lowest BCUT2D eigenvalue weighted by Gasteiger charge is -2.30. The van der Waals surface area contributed by atoms with Crippen molar-refractivity contribution >= 4 is 54.1 Å². The molecule has 0 aliphatic heterocycles. The Morgan fingerprint density at radius 2 is 0.967 bits per heavy atom. The summed E-state index contributed by atoms with van der Waals surface area (Å²) in [6.45, 7) is 4.75. The molecule has 0 amide bonds. The highest BCUT2D eigenvalue weighted by Gasteiger charge is 2.42. The van der Waals surface area contributed by atoms with Crippen LogP contribution in [-0.4, -0.2) is 14.5 Å². The van der Waals surface area contributed by atoms with Crippen LogP contribution in [0.15, 0.2) is 188 Å². The summed E-state index contributed by atoms with van der Waals surface area (Å²) >= 11 is 0. The largest absolute Gasteiger partial charge is 0.309 e. The molecule has 11 aromatic rings. The molecule has 0 spiro atoms. The van der Waals surface area contributed by atoms with E-state index in [0.717, 1.165) is 46.6 Å². The van der Waals surface area contributed by atoms with Gasteiger partial charge in [-0.2, -0.15) is 0 Å². The summed E-state index contributed by atoms with van der Waals surface area (Å²) in [6, 6.07) is 68.5. The highest BCUT2D eigenvalue weighted by Crippen LogP contribution is 2.57. The summed E-state index contributed by atoms with van der Waals surface area (Å²) in [5, 5.41) is 10.5. The Hall–Kier alpha value is -7.36. The molecule has 0 N–H and O–H groups in total. The van der Waals surface area contributed by atoms with Crippen molar-refractivity contribution in [3.05, 3.63) is 199 Å². The molecule has 284 valence electrons. The van der Waals surface area contributed by atoms with Crippen molar-refractivity contribution in [1.82, 2.24) is 14.5 Å². The van der Waals surface area contributed by atoms with Gasteiger partial charge in [0.05, 0.1) is 22.4 Å². The first-order valence-electron chi connectivity index (χ1n) is 21.2. The zero-order valence-corrected chi connectivity index (χ0v) is 33.7. The Morgan fingerprint density at radius 3 is 1.62 bits per heavy atom. The third-order valence-corrected chi connectivity index (χ3v) is 13.5. The third kappa shape index (κ3) is 4.96. The second-order valence-electron chi connectivity index (χ2n) is 16.3. The van der Waals surface area contributed by atoms with Crippen LogP contribution in [0.3, 0.4) is 0 Å². The van der Waals surface area contributed by atoms with Gasteiger partial charge in [0, 0.05) is 38.6 Å². The van der Waals surface area contributed by atoms with E-state index in [2.05, 4.69) is 194 Å². The number of aromatic nitrogens is 3. The maximum absolute atomic E-state index is 5.21. The Balaban J connectivity index is 1.13. The average Bonchev–Trinajstić information content (AvgIpc) is 3.80. The Labute approximate surface area is 349 Å². The smallest absolute Gasteiger partial charge is 0.160 e. The SMILES string of the molecule is CCC1(CC)c2cc3c4ccccc4n(-c4cccc(-c5nc(-c6ccccc6)cc(-c6ccccc6)n5)c4)c3cc2-c2c1ccc1c3ccccc3c3ccccc3c21. The first-order valence-corrected chi connectivity index (χ1v) is 21.2. The zero-order chi connectivity index (χ0) is 40.0. The van der Waals surface area contributed by atoms with Crippen molar-refractivity contribution in [2.24, 2.45) is 0 Å². The topological polar surface area (TPSA) is 30.7 Å². The molecule has 0 radical (unpaired) electrons. The van der Waals surface area contributed by atoms with E-state index in [4.69, 9.17) is 9.97 Å². The van der Waals surface area contributed by atoms with Crippen LogP contribution in [0.2, 0.25) is 0 Å². The maximum atomic E-state index is 5.21. The highest BCUT2D eigenvalue weighted by molar-refractivity contribution is 6.29. The number of rotatable bonds is 6. The van der Waals surface area contributed by atoms with Crippen LogP contribution in [0.1, 0.15) is 37.8 Å². The Morgan fingerprint density at radius 1 is 0.417 bits per heavy atom. The lowest BCUT2D eigenvalue weighted by Crippen LogP contribution is -2.23. The van der Waals surface area contributed by atoms with Crippen molar-refractivity contribution in [1.29, 1.82) is 0 Å². The fourth-order valence-corrected chi connectivity index (χ4v) is 10.6. The van der Waals surface area contributed by atoms with E-state index in [9.17, 15) is 0 Å². The fourth-order valence-electron chi connectivity index (χ4n) is 10.6. The first kappa shape index (κ1) is 34.7. The van der Waals surface area contributed by atoms with Gasteiger partial charge >= 0.3 is 0 Å². The lowest BCUT2D eigenvalue weighted by molar-refractivity contribution is 0.491. The zero-order valence-electron chi connectivity index (χ0n) is 33.7. The molecule has 9 aromatic carbocycles. The van der Waals surface area contributed by atoms with Crippen LogP contribution in [0.5, 0.6) is 0 Å². The molecule has 0 saturated heterocycles. The summed E-state index contributed by atoms with van der Waals surface area (Å²) in [7, 11) is 0. The summed E-state index contributed by atoms with van der Waals surface area (Å²) in [4.78, 5) is 10.4. The van der Waals surface area contributed by atoms with Crippen molar-refractivity contribution < 1.29 is 0 Å². The van der Waals surface area contributed by atoms with Crippen molar-refractivity contribution in [2.75, 3.05) is 0 Å². The third-order valence-electron chi connectivity index (χ3n) is 13.5. The van der Waals surface area contributed by atoms with Crippen LogP contribution in [0.4, 0.5) is 0 Å². The first-order chi connectivity index (χ1) is 29.6. The van der Waals surface area contributed by atoms with Gasteiger partial charge in [0.2, 0.25) is 0 Å². The summed E-state index contributed by atoms with van der Waals surface area (Å²) in [5.41, 5.74) is 13.9. The van der Waals surface area contributed by atoms with Crippen LogP contribution < -0.4 is 0 Å². The monoisotopic (exact) mass is 767 g/mol.